The van der Waals surface area contributed by atoms with Crippen molar-refractivity contribution >= 4 is 28.5 Å². The van der Waals surface area contributed by atoms with E-state index in [0.717, 1.165) is 23.6 Å². The molecule has 0 spiro atoms. The van der Waals surface area contributed by atoms with E-state index in [1.165, 1.54) is 17.3 Å². The van der Waals surface area contributed by atoms with Gasteiger partial charge in [-0.1, -0.05) is 36.9 Å². The summed E-state index contributed by atoms with van der Waals surface area (Å²) in [5, 5.41) is 0.870. The molecule has 1 aliphatic rings. The van der Waals surface area contributed by atoms with Crippen molar-refractivity contribution in [2.75, 3.05) is 6.61 Å². The molecule has 1 aromatic carbocycles. The van der Waals surface area contributed by atoms with Gasteiger partial charge in [-0.05, 0) is 25.0 Å². The fraction of sp³-hybridized carbons (Fsp3) is 0.429. The molecule has 1 atom stereocenters. The van der Waals surface area contributed by atoms with Gasteiger partial charge in [-0.2, -0.15) is 0 Å². The number of carbonyl (C=O) groups excluding carboxylic acids is 1. The molecule has 0 saturated carbocycles. The second-order valence-corrected chi connectivity index (χ2v) is 5.35. The van der Waals surface area contributed by atoms with E-state index in [0.29, 0.717) is 6.61 Å². The third kappa shape index (κ3) is 2.93. The van der Waals surface area contributed by atoms with Crippen LogP contribution in [0.2, 0.25) is 0 Å². The average Bonchev–Trinajstić information content (AvgIpc) is 2.78. The van der Waals surface area contributed by atoms with Gasteiger partial charge in [-0.3, -0.25) is 4.79 Å². The van der Waals surface area contributed by atoms with Gasteiger partial charge in [-0.25, -0.2) is 4.99 Å². The van der Waals surface area contributed by atoms with Crippen molar-refractivity contribution in [2.45, 2.75) is 31.9 Å². The van der Waals surface area contributed by atoms with Gasteiger partial charge < -0.3 is 4.74 Å². The number of benzene rings is 1. The third-order valence-electron chi connectivity index (χ3n) is 2.78. The maximum atomic E-state index is 11.7. The Morgan fingerprint density at radius 3 is 2.89 bits per heavy atom. The number of para-hydroxylation sites is 1. The molecule has 0 N–H and O–H groups in total. The van der Waals surface area contributed by atoms with Crippen molar-refractivity contribution in [3.05, 3.63) is 29.8 Å². The van der Waals surface area contributed by atoms with Gasteiger partial charge in [0.25, 0.3) is 0 Å². The van der Waals surface area contributed by atoms with E-state index in [9.17, 15) is 4.79 Å². The van der Waals surface area contributed by atoms with Gasteiger partial charge in [0, 0.05) is 6.42 Å². The predicted octanol–water partition coefficient (Wildman–Crippen LogP) is 3.35. The van der Waals surface area contributed by atoms with E-state index < -0.39 is 0 Å². The van der Waals surface area contributed by atoms with E-state index in [1.54, 1.807) is 0 Å². The maximum Gasteiger partial charge on any atom is 0.319 e. The van der Waals surface area contributed by atoms with Crippen molar-refractivity contribution < 1.29 is 9.53 Å². The van der Waals surface area contributed by atoms with Gasteiger partial charge in [0.15, 0.2) is 0 Å². The monoisotopic (exact) mass is 263 g/mol. The largest absolute Gasteiger partial charge is 0.465 e. The molecule has 0 aliphatic carbocycles. The Labute approximate surface area is 112 Å². The quantitative estimate of drug-likeness (QED) is 0.782. The zero-order chi connectivity index (χ0) is 13.0. The standard InChI is InChI=1S/C14H17NO2S/c1-3-12(14(16)17-4-2)18-13-9-10-7-5-6-8-11(10)15-13/h5-8,12H,3-4,9H2,1-2H3. The highest BCUT2D eigenvalue weighted by Gasteiger charge is 2.23. The molecule has 4 heteroatoms. The Balaban J connectivity index is 2.01. The summed E-state index contributed by atoms with van der Waals surface area (Å²) in [4.78, 5) is 16.3. The molecule has 1 heterocycles. The van der Waals surface area contributed by atoms with Crippen LogP contribution in [0.25, 0.3) is 0 Å². The lowest BCUT2D eigenvalue weighted by Gasteiger charge is -2.12. The minimum atomic E-state index is -0.141. The summed E-state index contributed by atoms with van der Waals surface area (Å²) in [5.74, 6) is -0.136. The first-order valence-electron chi connectivity index (χ1n) is 6.23. The number of nitrogens with zero attached hydrogens (tertiary/aromatic N) is 1. The summed E-state index contributed by atoms with van der Waals surface area (Å²) in [5.41, 5.74) is 2.26. The Hall–Kier alpha value is -1.29. The first-order chi connectivity index (χ1) is 8.74. The number of aliphatic imine (C=N–C) groups is 1. The second-order valence-electron chi connectivity index (χ2n) is 4.08. The van der Waals surface area contributed by atoms with Crippen LogP contribution < -0.4 is 0 Å². The van der Waals surface area contributed by atoms with Crippen molar-refractivity contribution in [1.82, 2.24) is 0 Å². The topological polar surface area (TPSA) is 38.7 Å². The zero-order valence-electron chi connectivity index (χ0n) is 10.7. The summed E-state index contributed by atoms with van der Waals surface area (Å²) in [6.07, 6.45) is 1.59. The summed E-state index contributed by atoms with van der Waals surface area (Å²) in [6.45, 7) is 4.26. The van der Waals surface area contributed by atoms with Crippen LogP contribution in [0.1, 0.15) is 25.8 Å². The van der Waals surface area contributed by atoms with Crippen molar-refractivity contribution in [3.8, 4) is 0 Å². The van der Waals surface area contributed by atoms with Crippen LogP contribution in [0.15, 0.2) is 29.3 Å². The Kier molecular flexibility index (Phi) is 4.42. The van der Waals surface area contributed by atoms with Gasteiger partial charge in [-0.15, -0.1) is 0 Å². The van der Waals surface area contributed by atoms with Crippen molar-refractivity contribution in [1.29, 1.82) is 0 Å². The van der Waals surface area contributed by atoms with Crippen LogP contribution in [0.4, 0.5) is 5.69 Å². The molecule has 3 nitrogen and oxygen atoms in total. The lowest BCUT2D eigenvalue weighted by molar-refractivity contribution is -0.142. The second kappa shape index (κ2) is 6.05. The molecule has 0 aromatic heterocycles. The Bertz CT molecular complexity index is 471. The first-order valence-corrected chi connectivity index (χ1v) is 7.11. The van der Waals surface area contributed by atoms with Crippen LogP contribution in [-0.2, 0) is 16.0 Å². The molecular weight excluding hydrogens is 246 g/mol. The summed E-state index contributed by atoms with van der Waals surface area (Å²) >= 11 is 1.53. The molecule has 0 bridgehead atoms. The van der Waals surface area contributed by atoms with Crippen LogP contribution >= 0.6 is 11.8 Å². The average molecular weight is 263 g/mol. The maximum absolute atomic E-state index is 11.7. The van der Waals surface area contributed by atoms with E-state index >= 15 is 0 Å². The van der Waals surface area contributed by atoms with Gasteiger partial charge in [0.2, 0.25) is 0 Å². The number of rotatable bonds is 4. The number of thioether (sulfide) groups is 1. The zero-order valence-corrected chi connectivity index (χ0v) is 11.5. The smallest absolute Gasteiger partial charge is 0.319 e. The number of hydrogen-bond acceptors (Lipinski definition) is 4. The van der Waals surface area contributed by atoms with Crippen molar-refractivity contribution in [2.24, 2.45) is 4.99 Å². The number of carbonyl (C=O) groups is 1. The summed E-state index contributed by atoms with van der Waals surface area (Å²) in [7, 11) is 0. The minimum absolute atomic E-state index is 0.136. The predicted molar refractivity (Wildman–Crippen MR) is 75.5 cm³/mol. The summed E-state index contributed by atoms with van der Waals surface area (Å²) in [6, 6.07) is 8.09. The molecule has 0 saturated heterocycles. The van der Waals surface area contributed by atoms with Crippen LogP contribution in [0, 0.1) is 0 Å². The molecule has 1 aromatic rings. The normalized spacial score (nSPS) is 14.9. The molecule has 1 unspecified atom stereocenters. The van der Waals surface area contributed by atoms with Crippen LogP contribution in [0.5, 0.6) is 0 Å². The third-order valence-corrected chi connectivity index (χ3v) is 4.10. The number of hydrogen-bond donors (Lipinski definition) is 0. The number of ether oxygens (including phenoxy) is 1. The number of esters is 1. The lowest BCUT2D eigenvalue weighted by atomic mass is 10.2. The van der Waals surface area contributed by atoms with Gasteiger partial charge in [0.05, 0.1) is 17.3 Å². The first kappa shape index (κ1) is 13.1. The number of fused-ring (bicyclic) bond motifs is 1. The van der Waals surface area contributed by atoms with Crippen LogP contribution in [-0.4, -0.2) is 22.9 Å². The highest BCUT2D eigenvalue weighted by Crippen LogP contribution is 2.32. The van der Waals surface area contributed by atoms with Gasteiger partial charge in [0.1, 0.15) is 5.25 Å². The molecule has 0 fully saturated rings. The van der Waals surface area contributed by atoms with Crippen molar-refractivity contribution in [3.63, 3.8) is 0 Å². The van der Waals surface area contributed by atoms with E-state index in [1.807, 2.05) is 32.0 Å². The lowest BCUT2D eigenvalue weighted by Crippen LogP contribution is -2.21. The molecule has 0 amide bonds. The molecule has 0 radical (unpaired) electrons. The molecule has 2 rings (SSSR count). The Morgan fingerprint density at radius 2 is 2.22 bits per heavy atom. The minimum Gasteiger partial charge on any atom is -0.465 e. The fourth-order valence-electron chi connectivity index (χ4n) is 1.87. The van der Waals surface area contributed by atoms with E-state index in [2.05, 4.69) is 11.1 Å². The van der Waals surface area contributed by atoms with Crippen LogP contribution in [0.3, 0.4) is 0 Å². The SMILES string of the molecule is CCOC(=O)C(CC)SC1=Nc2ccccc2C1. The molecular formula is C14H17NO2S. The highest BCUT2D eigenvalue weighted by atomic mass is 32.2. The Morgan fingerprint density at radius 1 is 1.44 bits per heavy atom. The van der Waals surface area contributed by atoms with E-state index in [4.69, 9.17) is 4.74 Å². The molecule has 18 heavy (non-hydrogen) atoms. The molecule has 1 aliphatic heterocycles. The van der Waals surface area contributed by atoms with E-state index in [-0.39, 0.29) is 11.2 Å². The molecule has 96 valence electrons. The summed E-state index contributed by atoms with van der Waals surface area (Å²) < 4.78 is 5.07. The fourth-order valence-corrected chi connectivity index (χ4v) is 2.92. The van der Waals surface area contributed by atoms with Gasteiger partial charge >= 0.3 is 5.97 Å². The highest BCUT2D eigenvalue weighted by molar-refractivity contribution is 8.15.